The first-order chi connectivity index (χ1) is 15.2. The van der Waals surface area contributed by atoms with Crippen molar-refractivity contribution >= 4 is 21.8 Å². The molecule has 32 heavy (non-hydrogen) atoms. The monoisotopic (exact) mass is 473 g/mol. The summed E-state index contributed by atoms with van der Waals surface area (Å²) in [7, 11) is -3.35. The van der Waals surface area contributed by atoms with E-state index in [1.165, 1.54) is 27.4 Å². The second-order valence-corrected chi connectivity index (χ2v) is 10.1. The zero-order chi connectivity index (χ0) is 23.3. The quantitative estimate of drug-likeness (QED) is 0.605. The average Bonchev–Trinajstić information content (AvgIpc) is 2.78. The highest BCUT2D eigenvalue weighted by atomic mass is 32.2. The maximum absolute atomic E-state index is 13.0. The third-order valence-electron chi connectivity index (χ3n) is 5.80. The first-order valence-corrected chi connectivity index (χ1v) is 12.4. The number of amides is 2. The van der Waals surface area contributed by atoms with Crippen LogP contribution in [0.25, 0.3) is 0 Å². The molecule has 0 aromatic heterocycles. The third-order valence-corrected chi connectivity index (χ3v) is 7.84. The van der Waals surface area contributed by atoms with Crippen molar-refractivity contribution in [1.29, 1.82) is 0 Å². The minimum absolute atomic E-state index is 0.0524. The van der Waals surface area contributed by atoms with Gasteiger partial charge in [-0.1, -0.05) is 19.1 Å². The van der Waals surface area contributed by atoms with Crippen molar-refractivity contribution in [2.75, 3.05) is 45.0 Å². The summed E-state index contributed by atoms with van der Waals surface area (Å²) in [6.45, 7) is 0.544. The fourth-order valence-corrected chi connectivity index (χ4v) is 5.77. The highest BCUT2D eigenvalue weighted by Crippen LogP contribution is 2.25. The van der Waals surface area contributed by atoms with Gasteiger partial charge in [-0.05, 0) is 31.4 Å². The van der Waals surface area contributed by atoms with Crippen molar-refractivity contribution in [3.8, 4) is 5.75 Å². The topological polar surface area (TPSA) is 87.2 Å². The van der Waals surface area contributed by atoms with Crippen molar-refractivity contribution in [2.45, 2.75) is 32.8 Å². The lowest BCUT2D eigenvalue weighted by molar-refractivity contribution is -0.138. The van der Waals surface area contributed by atoms with Crippen molar-refractivity contribution < 1.29 is 31.5 Å². The SMILES string of the molecule is CCCS(=O)(=O)N1CCCC(C(=O)N2CCN(C(=O)c3ccccc3OC(F)F)CC2)C1. The summed E-state index contributed by atoms with van der Waals surface area (Å²) in [5.41, 5.74) is 0.0524. The summed E-state index contributed by atoms with van der Waals surface area (Å²) in [5, 5.41) is 0. The molecular weight excluding hydrogens is 444 g/mol. The van der Waals surface area contributed by atoms with Crippen LogP contribution >= 0.6 is 0 Å². The van der Waals surface area contributed by atoms with Gasteiger partial charge >= 0.3 is 6.61 Å². The van der Waals surface area contributed by atoms with Gasteiger partial charge in [0, 0.05) is 39.3 Å². The van der Waals surface area contributed by atoms with Crippen LogP contribution in [0, 0.1) is 5.92 Å². The summed E-state index contributed by atoms with van der Waals surface area (Å²) >= 11 is 0. The van der Waals surface area contributed by atoms with Crippen molar-refractivity contribution in [3.05, 3.63) is 29.8 Å². The molecule has 2 saturated heterocycles. The molecule has 2 amide bonds. The molecule has 0 aliphatic carbocycles. The molecular formula is C21H29F2N3O5S. The van der Waals surface area contributed by atoms with Gasteiger partial charge in [-0.2, -0.15) is 8.78 Å². The second-order valence-electron chi connectivity index (χ2n) is 8.01. The van der Waals surface area contributed by atoms with Crippen LogP contribution < -0.4 is 4.74 Å². The van der Waals surface area contributed by atoms with Crippen LogP contribution in [0.5, 0.6) is 5.75 Å². The Morgan fingerprint density at radius 3 is 2.41 bits per heavy atom. The molecule has 2 heterocycles. The lowest BCUT2D eigenvalue weighted by Gasteiger charge is -2.38. The number of para-hydroxylation sites is 1. The van der Waals surface area contributed by atoms with E-state index in [0.29, 0.717) is 38.9 Å². The number of sulfonamides is 1. The lowest BCUT2D eigenvalue weighted by atomic mass is 9.97. The molecule has 8 nitrogen and oxygen atoms in total. The van der Waals surface area contributed by atoms with E-state index in [0.717, 1.165) is 0 Å². The van der Waals surface area contributed by atoms with Crippen molar-refractivity contribution in [3.63, 3.8) is 0 Å². The molecule has 1 aromatic rings. The number of alkyl halides is 2. The standard InChI is InChI=1S/C21H29F2N3O5S/c1-2-14-32(29,30)26-9-5-6-16(15-26)19(27)24-10-12-25(13-11-24)20(28)17-7-3-4-8-18(17)31-21(22)23/h3-4,7-8,16,21H,2,5-6,9-15H2,1H3. The van der Waals surface area contributed by atoms with Crippen molar-refractivity contribution in [1.82, 2.24) is 14.1 Å². The van der Waals surface area contributed by atoms with Gasteiger partial charge in [-0.15, -0.1) is 0 Å². The molecule has 1 atom stereocenters. The van der Waals surface area contributed by atoms with E-state index >= 15 is 0 Å². The smallest absolute Gasteiger partial charge is 0.387 e. The zero-order valence-corrected chi connectivity index (χ0v) is 18.9. The van der Waals surface area contributed by atoms with Gasteiger partial charge in [0.1, 0.15) is 5.75 Å². The van der Waals surface area contributed by atoms with E-state index in [1.54, 1.807) is 11.0 Å². The molecule has 0 spiro atoms. The van der Waals surface area contributed by atoms with E-state index in [-0.39, 0.29) is 42.6 Å². The number of benzene rings is 1. The van der Waals surface area contributed by atoms with Gasteiger partial charge in [-0.3, -0.25) is 9.59 Å². The van der Waals surface area contributed by atoms with Crippen LogP contribution in [0.3, 0.4) is 0 Å². The Morgan fingerprint density at radius 1 is 1.09 bits per heavy atom. The molecule has 2 fully saturated rings. The predicted octanol–water partition coefficient (Wildman–Crippen LogP) is 2.02. The van der Waals surface area contributed by atoms with E-state index in [4.69, 9.17) is 0 Å². The number of hydrogen-bond acceptors (Lipinski definition) is 5. The molecule has 2 aliphatic heterocycles. The van der Waals surface area contributed by atoms with Crippen LogP contribution in [0.4, 0.5) is 8.78 Å². The Morgan fingerprint density at radius 2 is 1.75 bits per heavy atom. The number of nitrogens with zero attached hydrogens (tertiary/aromatic N) is 3. The number of carbonyl (C=O) groups excluding carboxylic acids is 2. The largest absolute Gasteiger partial charge is 0.434 e. The fourth-order valence-electron chi connectivity index (χ4n) is 4.18. The van der Waals surface area contributed by atoms with Gasteiger partial charge in [-0.25, -0.2) is 12.7 Å². The van der Waals surface area contributed by atoms with Gasteiger partial charge in [0.2, 0.25) is 15.9 Å². The first-order valence-electron chi connectivity index (χ1n) is 10.8. The molecule has 178 valence electrons. The normalized spacial score (nSPS) is 20.4. The number of rotatable bonds is 7. The van der Waals surface area contributed by atoms with E-state index in [1.807, 2.05) is 6.92 Å². The van der Waals surface area contributed by atoms with Crippen LogP contribution in [-0.4, -0.2) is 86.0 Å². The molecule has 0 radical (unpaired) electrons. The van der Waals surface area contributed by atoms with Gasteiger partial charge < -0.3 is 14.5 Å². The van der Waals surface area contributed by atoms with E-state index in [9.17, 15) is 26.8 Å². The maximum Gasteiger partial charge on any atom is 0.387 e. The molecule has 2 aliphatic rings. The average molecular weight is 474 g/mol. The second kappa shape index (κ2) is 10.6. The lowest BCUT2D eigenvalue weighted by Crippen LogP contribution is -2.54. The number of ether oxygens (including phenoxy) is 1. The summed E-state index contributed by atoms with van der Waals surface area (Å²) < 4.78 is 55.9. The summed E-state index contributed by atoms with van der Waals surface area (Å²) in [6.07, 6.45) is 1.80. The summed E-state index contributed by atoms with van der Waals surface area (Å²) in [4.78, 5) is 29.0. The summed E-state index contributed by atoms with van der Waals surface area (Å²) in [5.74, 6) is -1.02. The Balaban J connectivity index is 1.59. The van der Waals surface area contributed by atoms with Crippen LogP contribution in [0.2, 0.25) is 0 Å². The number of carbonyl (C=O) groups is 2. The van der Waals surface area contributed by atoms with E-state index < -0.39 is 28.5 Å². The Kier molecular flexibility index (Phi) is 8.05. The molecule has 0 N–H and O–H groups in total. The van der Waals surface area contributed by atoms with E-state index in [2.05, 4.69) is 4.74 Å². The Labute approximate surface area is 187 Å². The van der Waals surface area contributed by atoms with Gasteiger partial charge in [0.15, 0.2) is 0 Å². The van der Waals surface area contributed by atoms with Crippen LogP contribution in [0.15, 0.2) is 24.3 Å². The Bertz CT molecular complexity index is 920. The van der Waals surface area contributed by atoms with Crippen LogP contribution in [0.1, 0.15) is 36.5 Å². The molecule has 3 rings (SSSR count). The highest BCUT2D eigenvalue weighted by Gasteiger charge is 2.35. The molecule has 0 saturated carbocycles. The fraction of sp³-hybridized carbons (Fsp3) is 0.619. The minimum Gasteiger partial charge on any atom is -0.434 e. The first kappa shape index (κ1) is 24.4. The summed E-state index contributed by atoms with van der Waals surface area (Å²) in [6, 6.07) is 5.84. The molecule has 1 aromatic carbocycles. The zero-order valence-electron chi connectivity index (χ0n) is 18.1. The molecule has 1 unspecified atom stereocenters. The van der Waals surface area contributed by atoms with Crippen LogP contribution in [-0.2, 0) is 14.8 Å². The minimum atomic E-state index is -3.35. The number of piperidine rings is 1. The number of hydrogen-bond donors (Lipinski definition) is 0. The molecule has 11 heteroatoms. The van der Waals surface area contributed by atoms with Gasteiger partial charge in [0.25, 0.3) is 5.91 Å². The van der Waals surface area contributed by atoms with Gasteiger partial charge in [0.05, 0.1) is 17.2 Å². The third kappa shape index (κ3) is 5.74. The Hall–Kier alpha value is -2.27. The predicted molar refractivity (Wildman–Crippen MR) is 114 cm³/mol. The van der Waals surface area contributed by atoms with Crippen molar-refractivity contribution in [2.24, 2.45) is 5.92 Å². The molecule has 0 bridgehead atoms. The highest BCUT2D eigenvalue weighted by molar-refractivity contribution is 7.89. The number of halogens is 2. The number of piperazine rings is 1. The maximum atomic E-state index is 13.0.